The van der Waals surface area contributed by atoms with Crippen LogP contribution in [0, 0.1) is 5.92 Å². The number of amides is 2. The Morgan fingerprint density at radius 3 is 2.33 bits per heavy atom. The van der Waals surface area contributed by atoms with Crippen molar-refractivity contribution in [2.24, 2.45) is 5.92 Å². The molecule has 116 valence electrons. The maximum atomic E-state index is 11.9. The molecule has 0 aromatic heterocycles. The first-order chi connectivity index (χ1) is 9.76. The van der Waals surface area contributed by atoms with Gasteiger partial charge in [0.25, 0.3) is 0 Å². The molecule has 2 amide bonds. The van der Waals surface area contributed by atoms with Crippen molar-refractivity contribution >= 4 is 49.5 Å². The minimum absolute atomic E-state index is 0.226. The number of anilines is 1. The van der Waals surface area contributed by atoms with Gasteiger partial charge in [0.2, 0.25) is 0 Å². The fourth-order valence-corrected chi connectivity index (χ4v) is 2.85. The number of carboxylic acids is 1. The molecule has 1 unspecified atom stereocenters. The van der Waals surface area contributed by atoms with Gasteiger partial charge in [0, 0.05) is 10.5 Å². The van der Waals surface area contributed by atoms with Crippen LogP contribution in [0.3, 0.4) is 0 Å². The zero-order valence-corrected chi connectivity index (χ0v) is 14.9. The molecule has 0 saturated heterocycles. The summed E-state index contributed by atoms with van der Waals surface area (Å²) >= 11 is 6.64. The monoisotopic (exact) mass is 422 g/mol. The number of carbonyl (C=O) groups is 2. The van der Waals surface area contributed by atoms with E-state index in [0.29, 0.717) is 15.9 Å². The van der Waals surface area contributed by atoms with Crippen LogP contribution in [-0.4, -0.2) is 30.3 Å². The largest absolute Gasteiger partial charge is 0.495 e. The molecular formula is C13H16Br2N2O4. The lowest BCUT2D eigenvalue weighted by atomic mass is 10.1. The van der Waals surface area contributed by atoms with Crippen LogP contribution in [0.15, 0.2) is 21.1 Å². The highest BCUT2D eigenvalue weighted by Crippen LogP contribution is 2.34. The van der Waals surface area contributed by atoms with E-state index in [-0.39, 0.29) is 5.92 Å². The highest BCUT2D eigenvalue weighted by atomic mass is 79.9. The Morgan fingerprint density at radius 1 is 1.24 bits per heavy atom. The van der Waals surface area contributed by atoms with E-state index in [0.717, 1.165) is 4.47 Å². The Balaban J connectivity index is 2.86. The van der Waals surface area contributed by atoms with Crippen LogP contribution in [0.4, 0.5) is 10.5 Å². The number of urea groups is 1. The molecule has 0 aliphatic rings. The maximum absolute atomic E-state index is 11.9. The Bertz CT molecular complexity index is 549. The number of halogens is 2. The molecule has 21 heavy (non-hydrogen) atoms. The molecule has 8 heteroatoms. The van der Waals surface area contributed by atoms with Crippen molar-refractivity contribution in [2.75, 3.05) is 12.4 Å². The van der Waals surface area contributed by atoms with Gasteiger partial charge in [-0.1, -0.05) is 13.8 Å². The molecule has 0 aliphatic heterocycles. The zero-order valence-electron chi connectivity index (χ0n) is 11.7. The molecule has 0 saturated carbocycles. The summed E-state index contributed by atoms with van der Waals surface area (Å²) in [5, 5.41) is 14.1. The number of rotatable bonds is 5. The third kappa shape index (κ3) is 4.89. The molecule has 0 bridgehead atoms. The first-order valence-corrected chi connectivity index (χ1v) is 7.68. The second kappa shape index (κ2) is 7.65. The number of ether oxygens (including phenoxy) is 1. The van der Waals surface area contributed by atoms with Crippen molar-refractivity contribution < 1.29 is 19.4 Å². The molecular weight excluding hydrogens is 408 g/mol. The van der Waals surface area contributed by atoms with Crippen molar-refractivity contribution in [3.63, 3.8) is 0 Å². The number of hydrogen-bond donors (Lipinski definition) is 3. The second-order valence-corrected chi connectivity index (χ2v) is 6.33. The van der Waals surface area contributed by atoms with E-state index in [1.54, 1.807) is 26.0 Å². The summed E-state index contributed by atoms with van der Waals surface area (Å²) in [4.78, 5) is 23.0. The molecule has 1 aromatic carbocycles. The van der Waals surface area contributed by atoms with Gasteiger partial charge in [0.15, 0.2) is 0 Å². The van der Waals surface area contributed by atoms with Gasteiger partial charge in [-0.2, -0.15) is 0 Å². The van der Waals surface area contributed by atoms with E-state index in [4.69, 9.17) is 9.84 Å². The summed E-state index contributed by atoms with van der Waals surface area (Å²) in [6, 6.07) is 1.80. The molecule has 0 fully saturated rings. The van der Waals surface area contributed by atoms with Gasteiger partial charge in [0.05, 0.1) is 17.3 Å². The fraction of sp³-hybridized carbons (Fsp3) is 0.385. The lowest BCUT2D eigenvalue weighted by molar-refractivity contribution is -0.140. The van der Waals surface area contributed by atoms with Gasteiger partial charge in [-0.15, -0.1) is 0 Å². The molecule has 0 radical (unpaired) electrons. The predicted molar refractivity (Wildman–Crippen MR) is 86.8 cm³/mol. The van der Waals surface area contributed by atoms with E-state index in [2.05, 4.69) is 42.5 Å². The van der Waals surface area contributed by atoms with Gasteiger partial charge < -0.3 is 20.5 Å². The highest BCUT2D eigenvalue weighted by Gasteiger charge is 2.23. The minimum atomic E-state index is -1.08. The van der Waals surface area contributed by atoms with Crippen molar-refractivity contribution in [3.8, 4) is 5.75 Å². The molecule has 0 aliphatic carbocycles. The molecule has 0 spiro atoms. The quantitative estimate of drug-likeness (QED) is 0.676. The third-order valence-electron chi connectivity index (χ3n) is 2.71. The number of carbonyl (C=O) groups excluding carboxylic acids is 1. The fourth-order valence-electron chi connectivity index (χ4n) is 1.59. The Morgan fingerprint density at radius 2 is 1.86 bits per heavy atom. The highest BCUT2D eigenvalue weighted by molar-refractivity contribution is 9.11. The first kappa shape index (κ1) is 17.8. The van der Waals surface area contributed by atoms with Crippen molar-refractivity contribution in [2.45, 2.75) is 19.9 Å². The summed E-state index contributed by atoms with van der Waals surface area (Å²) in [6.07, 6.45) is 0. The maximum Gasteiger partial charge on any atom is 0.326 e. The summed E-state index contributed by atoms with van der Waals surface area (Å²) in [5.41, 5.74) is 0.473. The molecule has 1 rings (SSSR count). The van der Waals surface area contributed by atoms with Gasteiger partial charge in [0.1, 0.15) is 11.8 Å². The van der Waals surface area contributed by atoms with Crippen molar-refractivity contribution in [3.05, 3.63) is 21.1 Å². The smallest absolute Gasteiger partial charge is 0.326 e. The van der Waals surface area contributed by atoms with Crippen LogP contribution in [0.25, 0.3) is 0 Å². The summed E-state index contributed by atoms with van der Waals surface area (Å²) < 4.78 is 6.52. The molecule has 6 nitrogen and oxygen atoms in total. The third-order valence-corrected chi connectivity index (χ3v) is 3.98. The van der Waals surface area contributed by atoms with Gasteiger partial charge >= 0.3 is 12.0 Å². The van der Waals surface area contributed by atoms with Crippen LogP contribution in [0.2, 0.25) is 0 Å². The van der Waals surface area contributed by atoms with Crippen LogP contribution >= 0.6 is 31.9 Å². The number of carboxylic acid groups (broad SMARTS) is 1. The van der Waals surface area contributed by atoms with Crippen LogP contribution < -0.4 is 15.4 Å². The molecule has 3 N–H and O–H groups in total. The summed E-state index contributed by atoms with van der Waals surface area (Å²) in [5.74, 6) is -0.754. The lowest BCUT2D eigenvalue weighted by Gasteiger charge is -2.19. The number of hydrogen-bond acceptors (Lipinski definition) is 3. The van der Waals surface area contributed by atoms with Gasteiger partial charge in [-0.3, -0.25) is 0 Å². The number of benzene rings is 1. The van der Waals surface area contributed by atoms with Crippen molar-refractivity contribution in [1.29, 1.82) is 0 Å². The number of methoxy groups -OCH3 is 1. The Labute approximate surface area is 139 Å². The SMILES string of the molecule is COc1cc(NC(=O)NC(C(=O)O)C(C)C)c(Br)cc1Br. The summed E-state index contributed by atoms with van der Waals surface area (Å²) in [6.45, 7) is 3.44. The van der Waals surface area contributed by atoms with E-state index in [9.17, 15) is 9.59 Å². The van der Waals surface area contributed by atoms with E-state index in [1.165, 1.54) is 7.11 Å². The Kier molecular flexibility index (Phi) is 6.47. The first-order valence-electron chi connectivity index (χ1n) is 6.09. The molecule has 0 heterocycles. The van der Waals surface area contributed by atoms with E-state index < -0.39 is 18.0 Å². The van der Waals surface area contributed by atoms with Gasteiger partial charge in [-0.25, -0.2) is 9.59 Å². The zero-order chi connectivity index (χ0) is 16.2. The second-order valence-electron chi connectivity index (χ2n) is 4.62. The lowest BCUT2D eigenvalue weighted by Crippen LogP contribution is -2.46. The van der Waals surface area contributed by atoms with E-state index in [1.807, 2.05) is 0 Å². The average molecular weight is 424 g/mol. The van der Waals surface area contributed by atoms with Gasteiger partial charge in [-0.05, 0) is 43.8 Å². The minimum Gasteiger partial charge on any atom is -0.495 e. The van der Waals surface area contributed by atoms with Crippen LogP contribution in [-0.2, 0) is 4.79 Å². The standard InChI is InChI=1S/C13H16Br2N2O4/c1-6(2)11(12(18)19)17-13(20)16-9-5-10(21-3)8(15)4-7(9)14/h4-6,11H,1-3H3,(H,18,19)(H2,16,17,20). The molecule has 1 atom stereocenters. The van der Waals surface area contributed by atoms with Crippen molar-refractivity contribution in [1.82, 2.24) is 5.32 Å². The normalized spacial score (nSPS) is 11.9. The predicted octanol–water partition coefficient (Wildman–Crippen LogP) is 3.45. The topological polar surface area (TPSA) is 87.7 Å². The van der Waals surface area contributed by atoms with Crippen LogP contribution in [0.5, 0.6) is 5.75 Å². The Hall–Kier alpha value is -1.28. The van der Waals surface area contributed by atoms with E-state index >= 15 is 0 Å². The average Bonchev–Trinajstić information content (AvgIpc) is 2.38. The number of aliphatic carboxylic acids is 1. The number of nitrogens with one attached hydrogen (secondary N) is 2. The summed E-state index contributed by atoms with van der Waals surface area (Å²) in [7, 11) is 1.51. The molecule has 1 aromatic rings. The van der Waals surface area contributed by atoms with Crippen LogP contribution in [0.1, 0.15) is 13.8 Å².